The van der Waals surface area contributed by atoms with E-state index >= 15 is 0 Å². The molecule has 0 bridgehead atoms. The van der Waals surface area contributed by atoms with Crippen LogP contribution in [0.3, 0.4) is 0 Å². The van der Waals surface area contributed by atoms with Crippen molar-refractivity contribution in [2.45, 2.75) is 18.9 Å². The number of likely N-dealkylation sites (tertiary alicyclic amines) is 1. The largest absolute Gasteiger partial charge is 0.497 e. The minimum atomic E-state index is 0. The highest BCUT2D eigenvalue weighted by Crippen LogP contribution is 2.24. The smallest absolute Gasteiger partial charge is 0.254 e. The lowest BCUT2D eigenvalue weighted by atomic mass is 10.0. The van der Waals surface area contributed by atoms with Gasteiger partial charge >= 0.3 is 0 Å². The molecule has 0 atom stereocenters. The lowest BCUT2D eigenvalue weighted by Gasteiger charge is -2.30. The van der Waals surface area contributed by atoms with Crippen molar-refractivity contribution in [3.05, 3.63) is 23.8 Å². The maximum Gasteiger partial charge on any atom is 0.254 e. The zero-order valence-corrected chi connectivity index (χ0v) is 12.6. The number of hydrogen-bond donors (Lipinski definition) is 1. The van der Waals surface area contributed by atoms with E-state index in [0.717, 1.165) is 12.8 Å². The Hall–Kier alpha value is -1.46. The second-order valence-corrected chi connectivity index (χ2v) is 4.73. The van der Waals surface area contributed by atoms with E-state index in [1.165, 1.54) is 0 Å². The number of rotatable bonds is 3. The Kier molecular flexibility index (Phi) is 6.10. The van der Waals surface area contributed by atoms with Crippen LogP contribution in [0.2, 0.25) is 0 Å². The van der Waals surface area contributed by atoms with Gasteiger partial charge in [-0.15, -0.1) is 12.4 Å². The van der Waals surface area contributed by atoms with E-state index in [2.05, 4.69) is 0 Å². The van der Waals surface area contributed by atoms with Crippen LogP contribution in [0.25, 0.3) is 0 Å². The summed E-state index contributed by atoms with van der Waals surface area (Å²) < 4.78 is 10.4. The third kappa shape index (κ3) is 3.77. The summed E-state index contributed by atoms with van der Waals surface area (Å²) in [5.41, 5.74) is 6.44. The highest BCUT2D eigenvalue weighted by molar-refractivity contribution is 5.95. The van der Waals surface area contributed by atoms with Crippen molar-refractivity contribution in [3.8, 4) is 11.5 Å². The Balaban J connectivity index is 0.00000200. The van der Waals surface area contributed by atoms with Gasteiger partial charge in [0.25, 0.3) is 5.91 Å². The quantitative estimate of drug-likeness (QED) is 0.922. The van der Waals surface area contributed by atoms with Crippen LogP contribution < -0.4 is 15.2 Å². The van der Waals surface area contributed by atoms with E-state index in [9.17, 15) is 4.79 Å². The number of hydrogen-bond acceptors (Lipinski definition) is 4. The molecule has 5 nitrogen and oxygen atoms in total. The SMILES string of the molecule is COc1cc(OC)cc(C(=O)N2CCC(N)CC2)c1.Cl. The van der Waals surface area contributed by atoms with E-state index in [-0.39, 0.29) is 24.4 Å². The average Bonchev–Trinajstić information content (AvgIpc) is 2.46. The number of piperidine rings is 1. The average molecular weight is 301 g/mol. The van der Waals surface area contributed by atoms with E-state index in [4.69, 9.17) is 15.2 Å². The molecule has 1 aliphatic rings. The summed E-state index contributed by atoms with van der Waals surface area (Å²) in [6.45, 7) is 1.42. The predicted molar refractivity (Wildman–Crippen MR) is 79.9 cm³/mol. The number of methoxy groups -OCH3 is 2. The summed E-state index contributed by atoms with van der Waals surface area (Å²) in [6, 6.07) is 5.44. The molecule has 2 rings (SSSR count). The molecule has 1 amide bonds. The molecule has 2 N–H and O–H groups in total. The normalized spacial score (nSPS) is 15.4. The van der Waals surface area contributed by atoms with Crippen LogP contribution in [0.4, 0.5) is 0 Å². The van der Waals surface area contributed by atoms with Gasteiger partial charge in [0.1, 0.15) is 11.5 Å². The van der Waals surface area contributed by atoms with Crippen LogP contribution in [0.15, 0.2) is 18.2 Å². The first-order valence-electron chi connectivity index (χ1n) is 6.42. The topological polar surface area (TPSA) is 64.8 Å². The number of amides is 1. The van der Waals surface area contributed by atoms with Crippen LogP contribution in [0, 0.1) is 0 Å². The number of ether oxygens (including phenoxy) is 2. The Morgan fingerprint density at radius 1 is 1.15 bits per heavy atom. The fourth-order valence-electron chi connectivity index (χ4n) is 2.22. The Morgan fingerprint density at radius 3 is 2.10 bits per heavy atom. The fourth-order valence-corrected chi connectivity index (χ4v) is 2.22. The maximum absolute atomic E-state index is 12.4. The molecule has 1 fully saturated rings. The van der Waals surface area contributed by atoms with Gasteiger partial charge in [-0.2, -0.15) is 0 Å². The minimum absolute atomic E-state index is 0. The van der Waals surface area contributed by atoms with E-state index in [1.54, 1.807) is 32.4 Å². The molecule has 112 valence electrons. The van der Waals surface area contributed by atoms with Gasteiger partial charge in [0.2, 0.25) is 0 Å². The number of carbonyl (C=O) groups excluding carboxylic acids is 1. The van der Waals surface area contributed by atoms with Crippen molar-refractivity contribution in [2.24, 2.45) is 5.73 Å². The van der Waals surface area contributed by atoms with Crippen molar-refractivity contribution in [1.29, 1.82) is 0 Å². The van der Waals surface area contributed by atoms with Crippen LogP contribution in [-0.2, 0) is 0 Å². The molecule has 0 saturated carbocycles. The highest BCUT2D eigenvalue weighted by atomic mass is 35.5. The minimum Gasteiger partial charge on any atom is -0.497 e. The lowest BCUT2D eigenvalue weighted by molar-refractivity contribution is 0.0714. The van der Waals surface area contributed by atoms with Gasteiger partial charge in [0.05, 0.1) is 14.2 Å². The molecule has 0 spiro atoms. The highest BCUT2D eigenvalue weighted by Gasteiger charge is 2.22. The maximum atomic E-state index is 12.4. The zero-order valence-electron chi connectivity index (χ0n) is 11.8. The monoisotopic (exact) mass is 300 g/mol. The summed E-state index contributed by atoms with van der Waals surface area (Å²) in [6.07, 6.45) is 1.71. The Morgan fingerprint density at radius 2 is 1.65 bits per heavy atom. The molecule has 0 radical (unpaired) electrons. The molecule has 1 aliphatic heterocycles. The van der Waals surface area contributed by atoms with Gasteiger partial charge in [-0.1, -0.05) is 0 Å². The Bertz CT molecular complexity index is 437. The third-order valence-corrected chi connectivity index (χ3v) is 3.43. The van der Waals surface area contributed by atoms with Gasteiger partial charge in [-0.25, -0.2) is 0 Å². The van der Waals surface area contributed by atoms with Crippen LogP contribution in [0.5, 0.6) is 11.5 Å². The van der Waals surface area contributed by atoms with E-state index < -0.39 is 0 Å². The number of nitrogens with zero attached hydrogens (tertiary/aromatic N) is 1. The molecule has 1 heterocycles. The number of halogens is 1. The van der Waals surface area contributed by atoms with E-state index in [0.29, 0.717) is 30.2 Å². The second kappa shape index (κ2) is 7.36. The van der Waals surface area contributed by atoms with Crippen molar-refractivity contribution in [1.82, 2.24) is 4.90 Å². The van der Waals surface area contributed by atoms with Gasteiger partial charge < -0.3 is 20.1 Å². The van der Waals surface area contributed by atoms with Crippen molar-refractivity contribution < 1.29 is 14.3 Å². The number of nitrogens with two attached hydrogens (primary N) is 1. The summed E-state index contributed by atoms with van der Waals surface area (Å²) in [4.78, 5) is 14.2. The molecule has 0 aromatic heterocycles. The predicted octanol–water partition coefficient (Wildman–Crippen LogP) is 1.69. The number of carbonyl (C=O) groups is 1. The van der Waals surface area contributed by atoms with Gasteiger partial charge in [0.15, 0.2) is 0 Å². The molecule has 20 heavy (non-hydrogen) atoms. The summed E-state index contributed by atoms with van der Waals surface area (Å²) >= 11 is 0. The molecule has 0 unspecified atom stereocenters. The standard InChI is InChI=1S/C14H20N2O3.ClH/c1-18-12-7-10(8-13(9-12)19-2)14(17)16-5-3-11(15)4-6-16;/h7-9,11H,3-6,15H2,1-2H3;1H. The summed E-state index contributed by atoms with van der Waals surface area (Å²) in [7, 11) is 3.14. The summed E-state index contributed by atoms with van der Waals surface area (Å²) in [5, 5.41) is 0. The third-order valence-electron chi connectivity index (χ3n) is 3.43. The first-order valence-corrected chi connectivity index (χ1v) is 6.42. The van der Waals surface area contributed by atoms with Crippen LogP contribution in [-0.4, -0.2) is 44.2 Å². The second-order valence-electron chi connectivity index (χ2n) is 4.73. The molecule has 1 saturated heterocycles. The lowest BCUT2D eigenvalue weighted by Crippen LogP contribution is -2.42. The number of benzene rings is 1. The van der Waals surface area contributed by atoms with Crippen molar-refractivity contribution in [3.63, 3.8) is 0 Å². The zero-order chi connectivity index (χ0) is 13.8. The van der Waals surface area contributed by atoms with Gasteiger partial charge in [-0.05, 0) is 25.0 Å². The van der Waals surface area contributed by atoms with Crippen LogP contribution in [0.1, 0.15) is 23.2 Å². The molecular weight excluding hydrogens is 280 g/mol. The van der Waals surface area contributed by atoms with Crippen LogP contribution >= 0.6 is 12.4 Å². The first-order chi connectivity index (χ1) is 9.13. The molecule has 1 aromatic rings. The summed E-state index contributed by atoms with van der Waals surface area (Å²) in [5.74, 6) is 1.25. The van der Waals surface area contributed by atoms with E-state index in [1.807, 2.05) is 4.90 Å². The van der Waals surface area contributed by atoms with Crippen molar-refractivity contribution >= 4 is 18.3 Å². The van der Waals surface area contributed by atoms with Crippen molar-refractivity contribution in [2.75, 3.05) is 27.3 Å². The van der Waals surface area contributed by atoms with Gasteiger partial charge in [0, 0.05) is 30.8 Å². The van der Waals surface area contributed by atoms with Gasteiger partial charge in [-0.3, -0.25) is 4.79 Å². The Labute approximate surface area is 125 Å². The molecular formula is C14H21ClN2O3. The fraction of sp³-hybridized carbons (Fsp3) is 0.500. The molecule has 1 aromatic carbocycles. The molecule has 6 heteroatoms. The molecule has 0 aliphatic carbocycles. The first kappa shape index (κ1) is 16.6.